The minimum atomic E-state index is -0.180. The molecule has 5 heteroatoms. The zero-order valence-electron chi connectivity index (χ0n) is 15.5. The number of fused-ring (bicyclic) bond motifs is 1. The molecule has 138 valence electrons. The molecule has 0 spiro atoms. The molecule has 28 heavy (non-hydrogen) atoms. The highest BCUT2D eigenvalue weighted by Gasteiger charge is 2.29. The molecule has 1 saturated carbocycles. The van der Waals surface area contributed by atoms with Crippen molar-refractivity contribution in [3.63, 3.8) is 0 Å². The van der Waals surface area contributed by atoms with E-state index in [4.69, 9.17) is 4.52 Å². The van der Waals surface area contributed by atoms with Gasteiger partial charge in [-0.3, -0.25) is 4.79 Å². The number of carbonyl (C=O) groups excluding carboxylic acids is 1. The summed E-state index contributed by atoms with van der Waals surface area (Å²) in [6.07, 6.45) is 2.19. The fourth-order valence-corrected chi connectivity index (χ4v) is 3.45. The SMILES string of the molecule is Cc1cccc(NC(=O)c2cc(C3CC3)nc3onc(-c4ccccc4)c23)c1. The van der Waals surface area contributed by atoms with Crippen LogP contribution in [0.25, 0.3) is 22.4 Å². The Bertz CT molecular complexity index is 1180. The first-order valence-corrected chi connectivity index (χ1v) is 9.43. The zero-order chi connectivity index (χ0) is 19.1. The van der Waals surface area contributed by atoms with Gasteiger partial charge in [0, 0.05) is 22.9 Å². The topological polar surface area (TPSA) is 68.0 Å². The van der Waals surface area contributed by atoms with Crippen LogP contribution >= 0.6 is 0 Å². The fraction of sp³-hybridized carbons (Fsp3) is 0.174. The summed E-state index contributed by atoms with van der Waals surface area (Å²) in [7, 11) is 0. The Morgan fingerprint density at radius 1 is 1.07 bits per heavy atom. The van der Waals surface area contributed by atoms with Gasteiger partial charge in [-0.05, 0) is 43.5 Å². The van der Waals surface area contributed by atoms with E-state index in [1.807, 2.05) is 67.6 Å². The van der Waals surface area contributed by atoms with E-state index in [-0.39, 0.29) is 5.91 Å². The third-order valence-corrected chi connectivity index (χ3v) is 5.03. The number of hydrogen-bond donors (Lipinski definition) is 1. The number of benzene rings is 2. The number of pyridine rings is 1. The fourth-order valence-electron chi connectivity index (χ4n) is 3.45. The lowest BCUT2D eigenvalue weighted by Gasteiger charge is -2.09. The molecule has 0 aliphatic heterocycles. The smallest absolute Gasteiger partial charge is 0.259 e. The van der Waals surface area contributed by atoms with Crippen molar-refractivity contribution in [2.45, 2.75) is 25.7 Å². The van der Waals surface area contributed by atoms with Crippen molar-refractivity contribution in [3.8, 4) is 11.3 Å². The van der Waals surface area contributed by atoms with Crippen molar-refractivity contribution in [3.05, 3.63) is 77.5 Å². The predicted octanol–water partition coefficient (Wildman–Crippen LogP) is 5.33. The van der Waals surface area contributed by atoms with Crippen LogP contribution in [0.15, 0.2) is 65.2 Å². The highest BCUT2D eigenvalue weighted by Crippen LogP contribution is 2.41. The standard InChI is InChI=1S/C23H19N3O2/c1-14-6-5-9-17(12-14)24-22(27)18-13-19(15-10-11-15)25-23-20(18)21(26-28-23)16-7-3-2-4-8-16/h2-9,12-13,15H,10-11H2,1H3,(H,24,27). The summed E-state index contributed by atoms with van der Waals surface area (Å²) in [4.78, 5) is 17.8. The number of aromatic nitrogens is 2. The van der Waals surface area contributed by atoms with E-state index in [1.54, 1.807) is 0 Å². The van der Waals surface area contributed by atoms with Crippen molar-refractivity contribution in [2.75, 3.05) is 5.32 Å². The lowest BCUT2D eigenvalue weighted by molar-refractivity contribution is 0.102. The van der Waals surface area contributed by atoms with Gasteiger partial charge in [0.2, 0.25) is 0 Å². The Morgan fingerprint density at radius 2 is 1.89 bits per heavy atom. The second-order valence-corrected chi connectivity index (χ2v) is 7.27. The van der Waals surface area contributed by atoms with Crippen LogP contribution < -0.4 is 5.32 Å². The van der Waals surface area contributed by atoms with Gasteiger partial charge in [0.05, 0.1) is 10.9 Å². The van der Waals surface area contributed by atoms with Crippen molar-refractivity contribution < 1.29 is 9.32 Å². The highest BCUT2D eigenvalue weighted by atomic mass is 16.5. The van der Waals surface area contributed by atoms with Gasteiger partial charge in [0.1, 0.15) is 5.69 Å². The molecule has 2 heterocycles. The number of anilines is 1. The van der Waals surface area contributed by atoms with Gasteiger partial charge in [-0.25, -0.2) is 4.98 Å². The van der Waals surface area contributed by atoms with Gasteiger partial charge in [-0.1, -0.05) is 47.6 Å². The van der Waals surface area contributed by atoms with Crippen molar-refractivity contribution in [2.24, 2.45) is 0 Å². The highest BCUT2D eigenvalue weighted by molar-refractivity contribution is 6.14. The normalized spacial score (nSPS) is 13.6. The maximum atomic E-state index is 13.2. The average molecular weight is 369 g/mol. The van der Waals surface area contributed by atoms with Crippen LogP contribution in [0, 0.1) is 6.92 Å². The Balaban J connectivity index is 1.64. The average Bonchev–Trinajstić information content (AvgIpc) is 3.47. The maximum absolute atomic E-state index is 13.2. The second-order valence-electron chi connectivity index (χ2n) is 7.27. The molecule has 5 nitrogen and oxygen atoms in total. The molecule has 2 aromatic heterocycles. The Labute approximate surface area is 162 Å². The molecule has 1 aliphatic rings. The predicted molar refractivity (Wildman–Crippen MR) is 108 cm³/mol. The molecule has 0 atom stereocenters. The largest absolute Gasteiger partial charge is 0.335 e. The maximum Gasteiger partial charge on any atom is 0.259 e. The minimum absolute atomic E-state index is 0.180. The van der Waals surface area contributed by atoms with E-state index in [2.05, 4.69) is 15.5 Å². The van der Waals surface area contributed by atoms with Gasteiger partial charge in [-0.15, -0.1) is 0 Å². The molecule has 1 N–H and O–H groups in total. The van der Waals surface area contributed by atoms with Crippen LogP contribution in [0.1, 0.15) is 40.4 Å². The molecule has 0 saturated heterocycles. The van der Waals surface area contributed by atoms with Crippen molar-refractivity contribution in [1.82, 2.24) is 10.1 Å². The number of aryl methyl sites for hydroxylation is 1. The van der Waals surface area contributed by atoms with E-state index in [1.165, 1.54) is 0 Å². The quantitative estimate of drug-likeness (QED) is 0.528. The third-order valence-electron chi connectivity index (χ3n) is 5.03. The van der Waals surface area contributed by atoms with Crippen LogP contribution in [-0.4, -0.2) is 16.0 Å². The third kappa shape index (κ3) is 3.05. The van der Waals surface area contributed by atoms with E-state index in [0.29, 0.717) is 28.3 Å². The van der Waals surface area contributed by atoms with E-state index >= 15 is 0 Å². The minimum Gasteiger partial charge on any atom is -0.335 e. The first-order valence-electron chi connectivity index (χ1n) is 9.43. The van der Waals surface area contributed by atoms with Crippen LogP contribution in [0.4, 0.5) is 5.69 Å². The van der Waals surface area contributed by atoms with Crippen LogP contribution in [0.5, 0.6) is 0 Å². The molecule has 2 aromatic carbocycles. The van der Waals surface area contributed by atoms with E-state index in [9.17, 15) is 4.79 Å². The van der Waals surface area contributed by atoms with Gasteiger partial charge in [0.15, 0.2) is 0 Å². The molecule has 0 unspecified atom stereocenters. The summed E-state index contributed by atoms with van der Waals surface area (Å²) in [5.74, 6) is 0.223. The van der Waals surface area contributed by atoms with Crippen molar-refractivity contribution in [1.29, 1.82) is 0 Å². The molecule has 1 aliphatic carbocycles. The summed E-state index contributed by atoms with van der Waals surface area (Å²) in [5, 5.41) is 7.90. The Morgan fingerprint density at radius 3 is 2.64 bits per heavy atom. The van der Waals surface area contributed by atoms with Crippen LogP contribution in [-0.2, 0) is 0 Å². The Kier molecular flexibility index (Phi) is 3.93. The van der Waals surface area contributed by atoms with Crippen molar-refractivity contribution >= 4 is 22.7 Å². The summed E-state index contributed by atoms with van der Waals surface area (Å²) in [6, 6.07) is 19.4. The number of amides is 1. The second kappa shape index (κ2) is 6.60. The zero-order valence-corrected chi connectivity index (χ0v) is 15.5. The van der Waals surface area contributed by atoms with E-state index in [0.717, 1.165) is 35.3 Å². The number of hydrogen-bond acceptors (Lipinski definition) is 4. The molecular weight excluding hydrogens is 350 g/mol. The first-order chi connectivity index (χ1) is 13.7. The number of nitrogens with zero attached hydrogens (tertiary/aromatic N) is 2. The van der Waals surface area contributed by atoms with Crippen LogP contribution in [0.2, 0.25) is 0 Å². The molecule has 1 amide bonds. The molecule has 4 aromatic rings. The lowest BCUT2D eigenvalue weighted by Crippen LogP contribution is -2.13. The number of rotatable bonds is 4. The molecule has 1 fully saturated rings. The van der Waals surface area contributed by atoms with Gasteiger partial charge < -0.3 is 9.84 Å². The van der Waals surface area contributed by atoms with Gasteiger partial charge in [-0.2, -0.15) is 0 Å². The summed E-state index contributed by atoms with van der Waals surface area (Å²) < 4.78 is 5.54. The number of nitrogens with one attached hydrogen (secondary N) is 1. The molecule has 0 radical (unpaired) electrons. The summed E-state index contributed by atoms with van der Waals surface area (Å²) in [6.45, 7) is 2.00. The summed E-state index contributed by atoms with van der Waals surface area (Å²) in [5.41, 5.74) is 5.25. The number of carbonyl (C=O) groups is 1. The molecule has 0 bridgehead atoms. The van der Waals surface area contributed by atoms with Gasteiger partial charge in [0.25, 0.3) is 11.6 Å². The lowest BCUT2D eigenvalue weighted by atomic mass is 10.0. The Hall–Kier alpha value is -3.47. The monoisotopic (exact) mass is 369 g/mol. The van der Waals surface area contributed by atoms with Crippen LogP contribution in [0.3, 0.4) is 0 Å². The first kappa shape index (κ1) is 16.7. The summed E-state index contributed by atoms with van der Waals surface area (Å²) >= 11 is 0. The van der Waals surface area contributed by atoms with E-state index < -0.39 is 0 Å². The molecule has 5 rings (SSSR count). The van der Waals surface area contributed by atoms with Gasteiger partial charge >= 0.3 is 0 Å². The molecular formula is C23H19N3O2.